The van der Waals surface area contributed by atoms with Crippen molar-refractivity contribution >= 4 is 11.1 Å². The van der Waals surface area contributed by atoms with Crippen LogP contribution < -0.4 is 0 Å². The van der Waals surface area contributed by atoms with E-state index in [2.05, 4.69) is 12.1 Å². The van der Waals surface area contributed by atoms with Crippen LogP contribution in [0.5, 0.6) is 0 Å². The number of benzene rings is 4. The van der Waals surface area contributed by atoms with Gasteiger partial charge in [0.25, 0.3) is 0 Å². The molecule has 0 aromatic heterocycles. The molecule has 0 aliphatic rings. The lowest BCUT2D eigenvalue weighted by Gasteiger charge is -2.08. The van der Waals surface area contributed by atoms with Crippen molar-refractivity contribution in [2.24, 2.45) is 0 Å². The number of hydrogen-bond donors (Lipinski definition) is 0. The Labute approximate surface area is 176 Å². The Kier molecular flexibility index (Phi) is 5.52. The number of nitrogens with zero attached hydrogens (tertiary/aromatic N) is 2. The van der Waals surface area contributed by atoms with Gasteiger partial charge in [0.05, 0.1) is 11.1 Å². The summed E-state index contributed by atoms with van der Waals surface area (Å²) in [6.07, 6.45) is 0. The first kappa shape index (κ1) is 18.9. The molecule has 140 valence electrons. The van der Waals surface area contributed by atoms with E-state index in [0.717, 1.165) is 33.4 Å². The SMILES string of the molecule is N#C/C(=C(/C#N)c1ccc(-c2ccccc2)cc1)c1ccc(-c2ccccc2)cc1. The summed E-state index contributed by atoms with van der Waals surface area (Å²) in [5.41, 5.74) is 6.60. The van der Waals surface area contributed by atoms with Crippen LogP contribution in [0.25, 0.3) is 33.4 Å². The Hall–Kier alpha value is -4.40. The van der Waals surface area contributed by atoms with Gasteiger partial charge in [-0.3, -0.25) is 0 Å². The molecule has 0 unspecified atom stereocenters. The summed E-state index contributed by atoms with van der Waals surface area (Å²) in [6, 6.07) is 40.1. The van der Waals surface area contributed by atoms with Crippen LogP contribution in [-0.2, 0) is 0 Å². The molecule has 0 fully saturated rings. The number of nitriles is 2. The highest BCUT2D eigenvalue weighted by molar-refractivity contribution is 6.03. The summed E-state index contributed by atoms with van der Waals surface area (Å²) < 4.78 is 0. The van der Waals surface area contributed by atoms with Gasteiger partial charge in [0.15, 0.2) is 0 Å². The van der Waals surface area contributed by atoms with Crippen molar-refractivity contribution in [1.29, 1.82) is 10.5 Å². The Morgan fingerprint density at radius 1 is 0.400 bits per heavy atom. The van der Waals surface area contributed by atoms with E-state index in [9.17, 15) is 10.5 Å². The molecule has 0 atom stereocenters. The second-order valence-corrected chi connectivity index (χ2v) is 6.86. The van der Waals surface area contributed by atoms with E-state index in [4.69, 9.17) is 0 Å². The second kappa shape index (κ2) is 8.74. The summed E-state index contributed by atoms with van der Waals surface area (Å²) in [5.74, 6) is 0. The topological polar surface area (TPSA) is 47.6 Å². The minimum atomic E-state index is 0.379. The molecule has 0 amide bonds. The average molecular weight is 382 g/mol. The smallest absolute Gasteiger partial charge is 0.101 e. The Balaban J connectivity index is 1.70. The molecule has 0 saturated carbocycles. The molecular formula is C28H18N2. The highest BCUT2D eigenvalue weighted by Crippen LogP contribution is 2.29. The molecule has 2 heteroatoms. The van der Waals surface area contributed by atoms with Crippen molar-refractivity contribution in [1.82, 2.24) is 0 Å². The largest absolute Gasteiger partial charge is 0.192 e. The summed E-state index contributed by atoms with van der Waals surface area (Å²) in [4.78, 5) is 0. The summed E-state index contributed by atoms with van der Waals surface area (Å²) in [6.45, 7) is 0. The highest BCUT2D eigenvalue weighted by atomic mass is 14.3. The zero-order valence-corrected chi connectivity index (χ0v) is 16.3. The third-order valence-corrected chi connectivity index (χ3v) is 5.04. The van der Waals surface area contributed by atoms with Gasteiger partial charge < -0.3 is 0 Å². The monoisotopic (exact) mass is 382 g/mol. The third-order valence-electron chi connectivity index (χ3n) is 5.04. The van der Waals surface area contributed by atoms with Gasteiger partial charge >= 0.3 is 0 Å². The summed E-state index contributed by atoms with van der Waals surface area (Å²) in [7, 11) is 0. The van der Waals surface area contributed by atoms with E-state index in [1.165, 1.54) is 0 Å². The number of allylic oxidation sites excluding steroid dienone is 2. The van der Waals surface area contributed by atoms with Crippen molar-refractivity contribution in [3.63, 3.8) is 0 Å². The van der Waals surface area contributed by atoms with Gasteiger partial charge in [0.2, 0.25) is 0 Å². The molecule has 0 aliphatic heterocycles. The minimum absolute atomic E-state index is 0.379. The maximum Gasteiger partial charge on any atom is 0.101 e. The first-order valence-electron chi connectivity index (χ1n) is 9.66. The first-order valence-corrected chi connectivity index (χ1v) is 9.66. The first-order chi connectivity index (χ1) is 14.8. The Morgan fingerprint density at radius 2 is 0.700 bits per heavy atom. The third kappa shape index (κ3) is 3.90. The average Bonchev–Trinajstić information content (AvgIpc) is 2.84. The molecule has 4 aromatic rings. The molecule has 4 rings (SSSR count). The standard InChI is InChI=1S/C28H18N2/c29-19-27(25-15-11-23(12-16-25)21-7-3-1-4-8-21)28(20-30)26-17-13-24(14-18-26)22-9-5-2-6-10-22/h1-18H/b28-27+. The van der Waals surface area contributed by atoms with Crippen molar-refractivity contribution in [3.05, 3.63) is 120 Å². The van der Waals surface area contributed by atoms with Gasteiger partial charge in [-0.1, -0.05) is 109 Å². The fourth-order valence-electron chi connectivity index (χ4n) is 3.45. The van der Waals surface area contributed by atoms with Crippen LogP contribution in [0, 0.1) is 22.7 Å². The van der Waals surface area contributed by atoms with Crippen LogP contribution >= 0.6 is 0 Å². The van der Waals surface area contributed by atoms with Crippen LogP contribution in [0.4, 0.5) is 0 Å². The van der Waals surface area contributed by atoms with E-state index in [-0.39, 0.29) is 0 Å². The predicted octanol–water partition coefficient (Wildman–Crippen LogP) is 6.98. The van der Waals surface area contributed by atoms with Gasteiger partial charge in [-0.15, -0.1) is 0 Å². The maximum atomic E-state index is 9.80. The summed E-state index contributed by atoms with van der Waals surface area (Å²) in [5, 5.41) is 19.6. The molecular weight excluding hydrogens is 364 g/mol. The van der Waals surface area contributed by atoms with Crippen LogP contribution in [0.2, 0.25) is 0 Å². The number of hydrogen-bond acceptors (Lipinski definition) is 2. The molecule has 0 spiro atoms. The molecule has 30 heavy (non-hydrogen) atoms. The Bertz CT molecular complexity index is 1150. The van der Waals surface area contributed by atoms with E-state index in [1.807, 2.05) is 109 Å². The lowest BCUT2D eigenvalue weighted by molar-refractivity contribution is 1.49. The quantitative estimate of drug-likeness (QED) is 0.282. The lowest BCUT2D eigenvalue weighted by atomic mass is 9.93. The van der Waals surface area contributed by atoms with Crippen LogP contribution in [-0.4, -0.2) is 0 Å². The van der Waals surface area contributed by atoms with Gasteiger partial charge in [0, 0.05) is 0 Å². The minimum Gasteiger partial charge on any atom is -0.192 e. The molecule has 0 saturated heterocycles. The van der Waals surface area contributed by atoms with E-state index < -0.39 is 0 Å². The molecule has 0 heterocycles. The second-order valence-electron chi connectivity index (χ2n) is 6.86. The molecule has 4 aromatic carbocycles. The van der Waals surface area contributed by atoms with Gasteiger partial charge in [-0.25, -0.2) is 0 Å². The van der Waals surface area contributed by atoms with Gasteiger partial charge in [-0.05, 0) is 33.4 Å². The highest BCUT2D eigenvalue weighted by Gasteiger charge is 2.12. The van der Waals surface area contributed by atoms with Crippen molar-refractivity contribution < 1.29 is 0 Å². The van der Waals surface area contributed by atoms with Crippen LogP contribution in [0.3, 0.4) is 0 Å². The van der Waals surface area contributed by atoms with E-state index >= 15 is 0 Å². The number of rotatable bonds is 4. The predicted molar refractivity (Wildman–Crippen MR) is 122 cm³/mol. The molecule has 0 radical (unpaired) electrons. The lowest BCUT2D eigenvalue weighted by Crippen LogP contribution is -1.90. The van der Waals surface area contributed by atoms with Gasteiger partial charge in [0.1, 0.15) is 12.1 Å². The van der Waals surface area contributed by atoms with Crippen LogP contribution in [0.15, 0.2) is 109 Å². The van der Waals surface area contributed by atoms with Crippen molar-refractivity contribution in [2.75, 3.05) is 0 Å². The molecule has 0 bridgehead atoms. The molecule has 2 nitrogen and oxygen atoms in total. The van der Waals surface area contributed by atoms with E-state index in [0.29, 0.717) is 11.1 Å². The zero-order valence-electron chi connectivity index (χ0n) is 16.3. The maximum absolute atomic E-state index is 9.80. The summed E-state index contributed by atoms with van der Waals surface area (Å²) >= 11 is 0. The fraction of sp³-hybridized carbons (Fsp3) is 0. The van der Waals surface area contributed by atoms with Gasteiger partial charge in [-0.2, -0.15) is 10.5 Å². The normalized spacial score (nSPS) is 11.1. The zero-order chi connectivity index (χ0) is 20.8. The van der Waals surface area contributed by atoms with E-state index in [1.54, 1.807) is 0 Å². The molecule has 0 N–H and O–H groups in total. The van der Waals surface area contributed by atoms with Crippen LogP contribution in [0.1, 0.15) is 11.1 Å². The van der Waals surface area contributed by atoms with Crippen molar-refractivity contribution in [3.8, 4) is 34.4 Å². The fourth-order valence-corrected chi connectivity index (χ4v) is 3.45. The molecule has 0 aliphatic carbocycles. The Morgan fingerprint density at radius 3 is 1.00 bits per heavy atom. The van der Waals surface area contributed by atoms with Crippen molar-refractivity contribution in [2.45, 2.75) is 0 Å².